The minimum Gasteiger partial charge on any atom is -0.480 e. The van der Waals surface area contributed by atoms with Gasteiger partial charge < -0.3 is 49.7 Å². The number of aliphatic imine (C=N–C) groups is 1. The zero-order chi connectivity index (χ0) is 27.0. The van der Waals surface area contributed by atoms with Crippen LogP contribution in [0.1, 0.15) is 51.9 Å². The van der Waals surface area contributed by atoms with Crippen LogP contribution in [0.5, 0.6) is 0 Å². The Morgan fingerprint density at radius 3 is 1.94 bits per heavy atom. The Labute approximate surface area is 204 Å². The SMILES string of the molecule is CC(NC(=O)C(CCC(N)=O)NC(=O)C(CCCCN)NC(=O)C(N)CCCN=C(N)N)C(=O)O. The molecule has 35 heavy (non-hydrogen) atoms. The van der Waals surface area contributed by atoms with Crippen molar-refractivity contribution in [3.63, 3.8) is 0 Å². The molecule has 4 atom stereocenters. The third kappa shape index (κ3) is 14.4. The van der Waals surface area contributed by atoms with Gasteiger partial charge in [-0.1, -0.05) is 0 Å². The van der Waals surface area contributed by atoms with E-state index in [-0.39, 0.29) is 38.2 Å². The predicted molar refractivity (Wildman–Crippen MR) is 128 cm³/mol. The van der Waals surface area contributed by atoms with Crippen LogP contribution in [0.2, 0.25) is 0 Å². The van der Waals surface area contributed by atoms with Gasteiger partial charge in [0.25, 0.3) is 0 Å². The zero-order valence-corrected chi connectivity index (χ0v) is 20.0. The van der Waals surface area contributed by atoms with Crippen LogP contribution in [0.3, 0.4) is 0 Å². The Morgan fingerprint density at radius 2 is 1.40 bits per heavy atom. The number of nitrogens with two attached hydrogens (primary N) is 5. The summed E-state index contributed by atoms with van der Waals surface area (Å²) in [5.74, 6) is -4.15. The van der Waals surface area contributed by atoms with Crippen molar-refractivity contribution in [3.8, 4) is 0 Å². The number of rotatable bonds is 18. The summed E-state index contributed by atoms with van der Waals surface area (Å²) in [6.07, 6.45) is 1.61. The number of aliphatic carboxylic acids is 1. The van der Waals surface area contributed by atoms with Gasteiger partial charge in [0.2, 0.25) is 23.6 Å². The highest BCUT2D eigenvalue weighted by Gasteiger charge is 2.29. The summed E-state index contributed by atoms with van der Waals surface area (Å²) in [6.45, 7) is 1.91. The van der Waals surface area contributed by atoms with Gasteiger partial charge in [0, 0.05) is 13.0 Å². The molecule has 0 fully saturated rings. The van der Waals surface area contributed by atoms with E-state index >= 15 is 0 Å². The van der Waals surface area contributed by atoms with E-state index in [0.29, 0.717) is 25.8 Å². The summed E-state index contributed by atoms with van der Waals surface area (Å²) in [5.41, 5.74) is 27.1. The van der Waals surface area contributed by atoms with Crippen molar-refractivity contribution in [2.75, 3.05) is 13.1 Å². The van der Waals surface area contributed by atoms with Gasteiger partial charge in [-0.15, -0.1) is 0 Å². The van der Waals surface area contributed by atoms with Crippen molar-refractivity contribution in [1.82, 2.24) is 16.0 Å². The van der Waals surface area contributed by atoms with Gasteiger partial charge in [-0.2, -0.15) is 0 Å². The Kier molecular flexibility index (Phi) is 15.4. The molecule has 0 heterocycles. The number of primary amides is 1. The topological polar surface area (TPSA) is 284 Å². The lowest BCUT2D eigenvalue weighted by Crippen LogP contribution is -2.57. The average molecular weight is 502 g/mol. The van der Waals surface area contributed by atoms with E-state index < -0.39 is 53.8 Å². The second-order valence-corrected chi connectivity index (χ2v) is 8.04. The van der Waals surface area contributed by atoms with E-state index in [1.54, 1.807) is 0 Å². The molecule has 4 unspecified atom stereocenters. The monoisotopic (exact) mass is 501 g/mol. The molecule has 0 aromatic heterocycles. The van der Waals surface area contributed by atoms with Crippen LogP contribution in [-0.4, -0.2) is 77.9 Å². The molecular weight excluding hydrogens is 462 g/mol. The molecule has 15 nitrogen and oxygen atoms in total. The first-order valence-corrected chi connectivity index (χ1v) is 11.3. The Hall–Kier alpha value is -3.46. The summed E-state index contributed by atoms with van der Waals surface area (Å²) in [5, 5.41) is 16.3. The van der Waals surface area contributed by atoms with Gasteiger partial charge in [-0.05, 0) is 52.0 Å². The molecule has 0 saturated carbocycles. The number of nitrogens with zero attached hydrogens (tertiary/aromatic N) is 1. The summed E-state index contributed by atoms with van der Waals surface area (Å²) in [7, 11) is 0. The summed E-state index contributed by atoms with van der Waals surface area (Å²) < 4.78 is 0. The number of carbonyl (C=O) groups excluding carboxylic acids is 4. The summed E-state index contributed by atoms with van der Waals surface area (Å²) >= 11 is 0. The maximum absolute atomic E-state index is 13.0. The number of unbranched alkanes of at least 4 members (excludes halogenated alkanes) is 1. The molecule has 4 amide bonds. The minimum atomic E-state index is -1.28. The molecule has 0 aromatic carbocycles. The Balaban J connectivity index is 5.33. The molecule has 0 saturated heterocycles. The van der Waals surface area contributed by atoms with Crippen LogP contribution in [0, 0.1) is 0 Å². The maximum Gasteiger partial charge on any atom is 0.325 e. The number of amides is 4. The van der Waals surface area contributed by atoms with Crippen molar-refractivity contribution in [3.05, 3.63) is 0 Å². The largest absolute Gasteiger partial charge is 0.480 e. The molecule has 0 aliphatic carbocycles. The molecular formula is C20H39N9O6. The second kappa shape index (κ2) is 17.0. The lowest BCUT2D eigenvalue weighted by atomic mass is 10.0. The smallest absolute Gasteiger partial charge is 0.325 e. The summed E-state index contributed by atoms with van der Waals surface area (Å²) in [6, 6.07) is -4.45. The molecule has 200 valence electrons. The first-order chi connectivity index (χ1) is 16.4. The predicted octanol–water partition coefficient (Wildman–Crippen LogP) is -3.68. The highest BCUT2D eigenvalue weighted by atomic mass is 16.4. The fraction of sp³-hybridized carbons (Fsp3) is 0.700. The normalized spacial score (nSPS) is 14.0. The average Bonchev–Trinajstić information content (AvgIpc) is 2.77. The number of hydrogen-bond donors (Lipinski definition) is 9. The van der Waals surface area contributed by atoms with E-state index in [1.807, 2.05) is 0 Å². The van der Waals surface area contributed by atoms with Crippen LogP contribution < -0.4 is 44.6 Å². The quantitative estimate of drug-likeness (QED) is 0.0503. The number of guanidine groups is 1. The van der Waals surface area contributed by atoms with Crippen LogP contribution in [0.15, 0.2) is 4.99 Å². The van der Waals surface area contributed by atoms with E-state index in [1.165, 1.54) is 6.92 Å². The molecule has 0 aliphatic rings. The minimum absolute atomic E-state index is 0.0765. The Morgan fingerprint density at radius 1 is 0.829 bits per heavy atom. The standard InChI is InChI=1S/C20H39N9O6/c1-11(19(34)35)27-17(32)14(7-8-15(23)30)29-18(33)13(6-2-3-9-21)28-16(31)12(22)5-4-10-26-20(24)25/h11-14H,2-10,21-22H2,1H3,(H2,23,30)(H,27,32)(H,28,31)(H,29,33)(H,34,35)(H4,24,25,26). The third-order valence-corrected chi connectivity index (χ3v) is 4.93. The summed E-state index contributed by atoms with van der Waals surface area (Å²) in [4.78, 5) is 64.1. The van der Waals surface area contributed by atoms with Crippen molar-refractivity contribution >= 4 is 35.6 Å². The van der Waals surface area contributed by atoms with Crippen LogP contribution in [0.25, 0.3) is 0 Å². The van der Waals surface area contributed by atoms with Crippen LogP contribution in [0.4, 0.5) is 0 Å². The Bertz CT molecular complexity index is 757. The number of carboxylic acids is 1. The zero-order valence-electron chi connectivity index (χ0n) is 20.0. The van der Waals surface area contributed by atoms with Crippen molar-refractivity contribution in [1.29, 1.82) is 0 Å². The molecule has 0 bridgehead atoms. The van der Waals surface area contributed by atoms with Gasteiger partial charge in [0.15, 0.2) is 5.96 Å². The molecule has 0 aromatic rings. The molecule has 0 aliphatic heterocycles. The molecule has 0 rings (SSSR count). The molecule has 14 N–H and O–H groups in total. The lowest BCUT2D eigenvalue weighted by Gasteiger charge is -2.24. The first kappa shape index (κ1) is 31.5. The van der Waals surface area contributed by atoms with Crippen molar-refractivity contribution in [2.24, 2.45) is 33.7 Å². The van der Waals surface area contributed by atoms with Gasteiger partial charge >= 0.3 is 5.97 Å². The third-order valence-electron chi connectivity index (χ3n) is 4.93. The number of hydrogen-bond acceptors (Lipinski definition) is 8. The molecule has 15 heteroatoms. The van der Waals surface area contributed by atoms with E-state index in [4.69, 9.17) is 33.8 Å². The fourth-order valence-corrected chi connectivity index (χ4v) is 2.89. The maximum atomic E-state index is 13.0. The molecule has 0 radical (unpaired) electrons. The fourth-order valence-electron chi connectivity index (χ4n) is 2.89. The van der Waals surface area contributed by atoms with E-state index in [9.17, 15) is 24.0 Å². The molecule has 0 spiro atoms. The number of nitrogens with one attached hydrogen (secondary N) is 3. The van der Waals surface area contributed by atoms with Gasteiger partial charge in [0.05, 0.1) is 6.04 Å². The van der Waals surface area contributed by atoms with Crippen molar-refractivity contribution < 1.29 is 29.1 Å². The number of carboxylic acid groups (broad SMARTS) is 1. The first-order valence-electron chi connectivity index (χ1n) is 11.3. The van der Waals surface area contributed by atoms with E-state index in [0.717, 1.165) is 0 Å². The highest BCUT2D eigenvalue weighted by molar-refractivity contribution is 5.94. The van der Waals surface area contributed by atoms with Gasteiger partial charge in [-0.25, -0.2) is 0 Å². The van der Waals surface area contributed by atoms with Crippen LogP contribution in [-0.2, 0) is 24.0 Å². The van der Waals surface area contributed by atoms with E-state index in [2.05, 4.69) is 20.9 Å². The second-order valence-electron chi connectivity index (χ2n) is 8.04. The lowest BCUT2D eigenvalue weighted by molar-refractivity contribution is -0.142. The van der Waals surface area contributed by atoms with Crippen molar-refractivity contribution in [2.45, 2.75) is 76.0 Å². The van der Waals surface area contributed by atoms with Gasteiger partial charge in [0.1, 0.15) is 18.1 Å². The number of carbonyl (C=O) groups is 5. The van der Waals surface area contributed by atoms with Crippen LogP contribution >= 0.6 is 0 Å². The highest BCUT2D eigenvalue weighted by Crippen LogP contribution is 2.06. The van der Waals surface area contributed by atoms with Gasteiger partial charge in [-0.3, -0.25) is 29.0 Å².